The van der Waals surface area contributed by atoms with Crippen molar-refractivity contribution < 1.29 is 39.5 Å². The number of nitrogens with zero attached hydrogens (tertiary/aromatic N) is 9. The maximum absolute atomic E-state index is 12.8. The lowest BCUT2D eigenvalue weighted by Crippen LogP contribution is -2.26. The topological polar surface area (TPSA) is 285 Å². The van der Waals surface area contributed by atoms with Gasteiger partial charge in [-0.2, -0.15) is 0 Å². The molecular formula is C26H18N10O10. The Morgan fingerprint density at radius 3 is 1.59 bits per heavy atom. The fraction of sp³-hybridized carbons (Fsp3) is 0.0769. The van der Waals surface area contributed by atoms with Crippen LogP contribution in [0.3, 0.4) is 0 Å². The minimum Gasteiger partial charge on any atom is -0.477 e. The molecule has 1 amide bonds. The molecule has 0 aliphatic heterocycles. The van der Waals surface area contributed by atoms with Crippen molar-refractivity contribution in [1.82, 2.24) is 40.3 Å². The van der Waals surface area contributed by atoms with Crippen molar-refractivity contribution in [2.45, 2.75) is 0 Å². The molecule has 20 heteroatoms. The zero-order valence-corrected chi connectivity index (χ0v) is 22.9. The van der Waals surface area contributed by atoms with Crippen LogP contribution < -0.4 is 5.32 Å². The van der Waals surface area contributed by atoms with E-state index in [0.717, 1.165) is 33.6 Å². The molecule has 3 aromatic heterocycles. The summed E-state index contributed by atoms with van der Waals surface area (Å²) in [6, 6.07) is 9.41. The van der Waals surface area contributed by atoms with Crippen LogP contribution in [0.25, 0.3) is 34.2 Å². The SMILES string of the molecule is O=C(NCCO)c1cc(-c2cn(-c3ccc(C(=O)O)c([N+](=O)[O-])c3)nn2)nc(-c2cn(-c3ccc(C(=O)O)c([N+](=O)[O-])c3)nn2)c1. The van der Waals surface area contributed by atoms with Gasteiger partial charge in [-0.3, -0.25) is 25.0 Å². The van der Waals surface area contributed by atoms with Crippen molar-refractivity contribution in [3.63, 3.8) is 0 Å². The Kier molecular flexibility index (Phi) is 8.18. The van der Waals surface area contributed by atoms with Crippen LogP contribution >= 0.6 is 0 Å². The Morgan fingerprint density at radius 2 is 1.20 bits per heavy atom. The highest BCUT2D eigenvalue weighted by atomic mass is 16.6. The zero-order valence-electron chi connectivity index (χ0n) is 22.9. The van der Waals surface area contributed by atoms with Crippen LogP contribution in [0.5, 0.6) is 0 Å². The quantitative estimate of drug-likeness (QED) is 0.119. The van der Waals surface area contributed by atoms with Gasteiger partial charge in [-0.15, -0.1) is 10.2 Å². The number of aromatic nitrogens is 7. The first-order valence-electron chi connectivity index (χ1n) is 12.8. The number of carbonyl (C=O) groups is 3. The lowest BCUT2D eigenvalue weighted by atomic mass is 10.1. The molecule has 0 atom stereocenters. The van der Waals surface area contributed by atoms with Crippen molar-refractivity contribution in [2.24, 2.45) is 0 Å². The van der Waals surface area contributed by atoms with E-state index in [1.165, 1.54) is 36.7 Å². The Balaban J connectivity index is 1.56. The van der Waals surface area contributed by atoms with E-state index in [1.807, 2.05) is 0 Å². The minimum absolute atomic E-state index is 0.0560. The van der Waals surface area contributed by atoms with E-state index in [-0.39, 0.29) is 52.9 Å². The fourth-order valence-corrected chi connectivity index (χ4v) is 4.20. The molecule has 0 spiro atoms. The van der Waals surface area contributed by atoms with Gasteiger partial charge in [-0.1, -0.05) is 10.4 Å². The van der Waals surface area contributed by atoms with Gasteiger partial charge in [0.2, 0.25) is 0 Å². The van der Waals surface area contributed by atoms with E-state index in [9.17, 15) is 44.8 Å². The van der Waals surface area contributed by atoms with Gasteiger partial charge in [0.15, 0.2) is 0 Å². The number of nitro groups is 2. The van der Waals surface area contributed by atoms with E-state index in [2.05, 4.69) is 30.9 Å². The Labute approximate surface area is 254 Å². The lowest BCUT2D eigenvalue weighted by molar-refractivity contribution is -0.385. The summed E-state index contributed by atoms with van der Waals surface area (Å²) in [5, 5.41) is 69.0. The second kappa shape index (κ2) is 12.3. The highest BCUT2D eigenvalue weighted by Crippen LogP contribution is 2.27. The summed E-state index contributed by atoms with van der Waals surface area (Å²) in [5.74, 6) is -3.57. The van der Waals surface area contributed by atoms with E-state index in [4.69, 9.17) is 5.11 Å². The van der Waals surface area contributed by atoms with Crippen LogP contribution in [-0.2, 0) is 0 Å². The first-order chi connectivity index (χ1) is 22.0. The van der Waals surface area contributed by atoms with Crippen molar-refractivity contribution in [3.05, 3.63) is 97.8 Å². The van der Waals surface area contributed by atoms with E-state index >= 15 is 0 Å². The van der Waals surface area contributed by atoms with E-state index < -0.39 is 50.2 Å². The largest absolute Gasteiger partial charge is 0.477 e. The molecule has 0 unspecified atom stereocenters. The van der Waals surface area contributed by atoms with Gasteiger partial charge in [0.05, 0.1) is 51.6 Å². The van der Waals surface area contributed by atoms with Crippen LogP contribution in [0.1, 0.15) is 31.1 Å². The fourth-order valence-electron chi connectivity index (χ4n) is 4.20. The number of nitro benzene ring substituents is 2. The summed E-state index contributed by atoms with van der Waals surface area (Å²) in [6.45, 7) is -0.396. The molecule has 0 aliphatic rings. The molecule has 0 radical (unpaired) electrons. The molecule has 0 saturated carbocycles. The third-order valence-electron chi connectivity index (χ3n) is 6.34. The highest BCUT2D eigenvalue weighted by molar-refractivity contribution is 5.96. The number of aliphatic hydroxyl groups is 1. The lowest BCUT2D eigenvalue weighted by Gasteiger charge is -2.07. The molecule has 0 fully saturated rings. The smallest absolute Gasteiger partial charge is 0.342 e. The number of rotatable bonds is 11. The number of carboxylic acid groups (broad SMARTS) is 2. The number of hydrogen-bond acceptors (Lipinski definition) is 13. The average molecular weight is 630 g/mol. The van der Waals surface area contributed by atoms with Gasteiger partial charge >= 0.3 is 11.9 Å². The molecular weight excluding hydrogens is 612 g/mol. The predicted octanol–water partition coefficient (Wildman–Crippen LogP) is 1.51. The number of carbonyl (C=O) groups excluding carboxylic acids is 1. The summed E-state index contributed by atoms with van der Waals surface area (Å²) in [5.41, 5.74) is -1.75. The number of hydrogen-bond donors (Lipinski definition) is 4. The molecule has 3 heterocycles. The molecule has 2 aromatic carbocycles. The Morgan fingerprint density at radius 1 is 0.739 bits per heavy atom. The van der Waals surface area contributed by atoms with Gasteiger partial charge in [-0.05, 0) is 36.4 Å². The molecule has 0 saturated heterocycles. The molecule has 4 N–H and O–H groups in total. The van der Waals surface area contributed by atoms with Gasteiger partial charge < -0.3 is 20.6 Å². The van der Waals surface area contributed by atoms with Crippen molar-refractivity contribution in [3.8, 4) is 34.2 Å². The van der Waals surface area contributed by atoms with E-state index in [0.29, 0.717) is 0 Å². The molecule has 5 rings (SSSR count). The van der Waals surface area contributed by atoms with Crippen LogP contribution in [0.15, 0.2) is 60.9 Å². The third-order valence-corrected chi connectivity index (χ3v) is 6.34. The number of aromatic carboxylic acids is 2. The van der Waals surface area contributed by atoms with Crippen molar-refractivity contribution in [2.75, 3.05) is 13.2 Å². The highest BCUT2D eigenvalue weighted by Gasteiger charge is 2.23. The average Bonchev–Trinajstić information content (AvgIpc) is 3.74. The molecule has 0 bridgehead atoms. The number of carboxylic acids is 2. The third kappa shape index (κ3) is 6.07. The van der Waals surface area contributed by atoms with Gasteiger partial charge in [0.1, 0.15) is 22.5 Å². The summed E-state index contributed by atoms with van der Waals surface area (Å²) < 4.78 is 2.27. The molecule has 5 aromatic rings. The maximum Gasteiger partial charge on any atom is 0.342 e. The Bertz CT molecular complexity index is 1920. The monoisotopic (exact) mass is 630 g/mol. The molecule has 20 nitrogen and oxygen atoms in total. The number of aliphatic hydroxyl groups excluding tert-OH is 1. The molecule has 232 valence electrons. The number of nitrogens with one attached hydrogen (secondary N) is 1. The van der Waals surface area contributed by atoms with Crippen LogP contribution in [0.4, 0.5) is 11.4 Å². The number of amides is 1. The standard InChI is InChI=1S/C26H18N10O10/c37-6-5-27-24(38)13-7-18(20-11-33(31-29-20)14-1-3-16(25(39)40)22(9-14)35(43)44)28-19(8-13)21-12-34(32-30-21)15-2-4-17(26(41)42)23(10-15)36(45)46/h1-4,7-12,37H,5-6H2,(H,27,38)(H,39,40)(H,41,42). The number of pyridine rings is 1. The van der Waals surface area contributed by atoms with Crippen LogP contribution in [0.2, 0.25) is 0 Å². The molecule has 46 heavy (non-hydrogen) atoms. The minimum atomic E-state index is -1.49. The first-order valence-corrected chi connectivity index (χ1v) is 12.8. The van der Waals surface area contributed by atoms with Gasteiger partial charge in [-0.25, -0.2) is 23.9 Å². The summed E-state index contributed by atoms with van der Waals surface area (Å²) in [4.78, 5) is 61.2. The van der Waals surface area contributed by atoms with Gasteiger partial charge in [0.25, 0.3) is 17.3 Å². The summed E-state index contributed by atoms with van der Waals surface area (Å²) in [7, 11) is 0. The normalized spacial score (nSPS) is 10.8. The summed E-state index contributed by atoms with van der Waals surface area (Å²) >= 11 is 0. The van der Waals surface area contributed by atoms with Crippen LogP contribution in [0, 0.1) is 20.2 Å². The zero-order chi connectivity index (χ0) is 33.1. The number of benzene rings is 2. The van der Waals surface area contributed by atoms with Crippen molar-refractivity contribution in [1.29, 1.82) is 0 Å². The second-order valence-electron chi connectivity index (χ2n) is 9.23. The maximum atomic E-state index is 12.8. The predicted molar refractivity (Wildman–Crippen MR) is 152 cm³/mol. The first kappa shape index (κ1) is 30.5. The van der Waals surface area contributed by atoms with Crippen molar-refractivity contribution >= 4 is 29.2 Å². The Hall–Kier alpha value is -6.96. The van der Waals surface area contributed by atoms with Crippen LogP contribution in [-0.4, -0.2) is 91.1 Å². The second-order valence-corrected chi connectivity index (χ2v) is 9.23. The van der Waals surface area contributed by atoms with Gasteiger partial charge in [0, 0.05) is 24.2 Å². The summed E-state index contributed by atoms with van der Waals surface area (Å²) in [6.07, 6.45) is 2.67. The molecule has 0 aliphatic carbocycles. The van der Waals surface area contributed by atoms with E-state index in [1.54, 1.807) is 0 Å².